The normalized spacial score (nSPS) is 10.9. The van der Waals surface area contributed by atoms with Gasteiger partial charge in [0.25, 0.3) is 0 Å². The standard InChI is InChI=1S/C17H12ClN7/c1-25-5-3-12(24-25)16-15(22-13(8-19)17(20)23-16)10-6-9-2-4-21-14(9)11(18)7-10/h2-7,21H,1H3,(H2,20,23). The average Bonchev–Trinajstić information content (AvgIpc) is 3.23. The minimum absolute atomic E-state index is 0.0694. The largest absolute Gasteiger partial charge is 0.381 e. The second-order valence-electron chi connectivity index (χ2n) is 5.54. The molecule has 3 N–H and O–H groups in total. The van der Waals surface area contributed by atoms with Gasteiger partial charge >= 0.3 is 0 Å². The number of H-pyrrole nitrogens is 1. The second-order valence-corrected chi connectivity index (χ2v) is 5.95. The third-order valence-corrected chi connectivity index (χ3v) is 4.17. The highest BCUT2D eigenvalue weighted by molar-refractivity contribution is 6.35. The van der Waals surface area contributed by atoms with Gasteiger partial charge in [0.2, 0.25) is 0 Å². The lowest BCUT2D eigenvalue weighted by Crippen LogP contribution is -2.03. The van der Waals surface area contributed by atoms with E-state index >= 15 is 0 Å². The molecule has 122 valence electrons. The maximum Gasteiger partial charge on any atom is 0.183 e. The molecule has 3 heterocycles. The summed E-state index contributed by atoms with van der Waals surface area (Å²) in [5.41, 5.74) is 9.14. The Morgan fingerprint density at radius 1 is 1.24 bits per heavy atom. The highest BCUT2D eigenvalue weighted by atomic mass is 35.5. The number of aromatic amines is 1. The number of fused-ring (bicyclic) bond motifs is 1. The molecule has 0 unspecified atom stereocenters. The van der Waals surface area contributed by atoms with Crippen molar-refractivity contribution < 1.29 is 0 Å². The molecule has 0 saturated carbocycles. The van der Waals surface area contributed by atoms with Crippen molar-refractivity contribution in [3.8, 4) is 28.7 Å². The summed E-state index contributed by atoms with van der Waals surface area (Å²) in [7, 11) is 1.81. The van der Waals surface area contributed by atoms with E-state index in [4.69, 9.17) is 17.3 Å². The van der Waals surface area contributed by atoms with Crippen LogP contribution in [0.2, 0.25) is 5.02 Å². The van der Waals surface area contributed by atoms with Gasteiger partial charge in [0.15, 0.2) is 11.5 Å². The summed E-state index contributed by atoms with van der Waals surface area (Å²) in [6.07, 6.45) is 3.62. The van der Waals surface area contributed by atoms with Crippen molar-refractivity contribution in [3.63, 3.8) is 0 Å². The molecular formula is C17H12ClN7. The smallest absolute Gasteiger partial charge is 0.183 e. The Morgan fingerprint density at radius 3 is 2.80 bits per heavy atom. The van der Waals surface area contributed by atoms with E-state index in [1.807, 2.05) is 37.5 Å². The van der Waals surface area contributed by atoms with E-state index in [-0.39, 0.29) is 11.5 Å². The molecule has 0 saturated heterocycles. The number of hydrogen-bond acceptors (Lipinski definition) is 5. The van der Waals surface area contributed by atoms with Crippen LogP contribution in [0.3, 0.4) is 0 Å². The molecule has 0 spiro atoms. The molecule has 4 aromatic rings. The Bertz CT molecular complexity index is 1150. The molecule has 7 nitrogen and oxygen atoms in total. The molecule has 0 atom stereocenters. The molecule has 3 aromatic heterocycles. The zero-order chi connectivity index (χ0) is 17.6. The molecule has 0 bridgehead atoms. The first-order valence-electron chi connectivity index (χ1n) is 7.41. The number of benzene rings is 1. The summed E-state index contributed by atoms with van der Waals surface area (Å²) >= 11 is 6.37. The molecule has 1 aromatic carbocycles. The van der Waals surface area contributed by atoms with Gasteiger partial charge in [0, 0.05) is 30.4 Å². The Labute approximate surface area is 147 Å². The summed E-state index contributed by atoms with van der Waals surface area (Å²) in [5, 5.41) is 15.1. The van der Waals surface area contributed by atoms with Gasteiger partial charge in [-0.25, -0.2) is 9.97 Å². The fourth-order valence-corrected chi connectivity index (χ4v) is 3.00. The van der Waals surface area contributed by atoms with Crippen LogP contribution < -0.4 is 5.73 Å². The average molecular weight is 350 g/mol. The third-order valence-electron chi connectivity index (χ3n) is 3.87. The molecule has 0 aliphatic carbocycles. The predicted octanol–water partition coefficient (Wildman–Crippen LogP) is 3.13. The van der Waals surface area contributed by atoms with Gasteiger partial charge in [-0.3, -0.25) is 4.68 Å². The van der Waals surface area contributed by atoms with Crippen LogP contribution in [0.4, 0.5) is 5.82 Å². The van der Waals surface area contributed by atoms with Crippen LogP contribution in [0.5, 0.6) is 0 Å². The molecule has 4 rings (SSSR count). The lowest BCUT2D eigenvalue weighted by molar-refractivity contribution is 0.770. The monoisotopic (exact) mass is 349 g/mol. The van der Waals surface area contributed by atoms with Crippen LogP contribution in [0, 0.1) is 11.3 Å². The highest BCUT2D eigenvalue weighted by Gasteiger charge is 2.18. The van der Waals surface area contributed by atoms with Crippen molar-refractivity contribution in [3.05, 3.63) is 47.4 Å². The number of nitriles is 1. The minimum atomic E-state index is 0.0694. The number of nitrogens with two attached hydrogens (primary N) is 1. The maximum atomic E-state index is 9.27. The van der Waals surface area contributed by atoms with Crippen molar-refractivity contribution in [1.82, 2.24) is 24.7 Å². The Kier molecular flexibility index (Phi) is 3.41. The van der Waals surface area contributed by atoms with Gasteiger partial charge in [-0.05, 0) is 24.3 Å². The number of nitrogens with zero attached hydrogens (tertiary/aromatic N) is 5. The molecule has 0 fully saturated rings. The summed E-state index contributed by atoms with van der Waals surface area (Å²) in [6, 6.07) is 9.43. The van der Waals surface area contributed by atoms with Gasteiger partial charge in [0.05, 0.1) is 10.5 Å². The van der Waals surface area contributed by atoms with Crippen LogP contribution in [0.15, 0.2) is 36.7 Å². The highest BCUT2D eigenvalue weighted by Crippen LogP contribution is 2.34. The van der Waals surface area contributed by atoms with Crippen molar-refractivity contribution >= 4 is 28.3 Å². The van der Waals surface area contributed by atoms with Gasteiger partial charge < -0.3 is 10.7 Å². The van der Waals surface area contributed by atoms with Crippen molar-refractivity contribution in [2.75, 3.05) is 5.73 Å². The van der Waals surface area contributed by atoms with Crippen LogP contribution in [-0.4, -0.2) is 24.7 Å². The number of aryl methyl sites for hydroxylation is 1. The number of halogens is 1. The number of hydrogen-bond donors (Lipinski definition) is 2. The van der Waals surface area contributed by atoms with Gasteiger partial charge in [0.1, 0.15) is 23.2 Å². The zero-order valence-electron chi connectivity index (χ0n) is 13.2. The van der Waals surface area contributed by atoms with E-state index in [1.54, 1.807) is 16.9 Å². The number of nitrogens with one attached hydrogen (secondary N) is 1. The number of anilines is 1. The van der Waals surface area contributed by atoms with E-state index in [9.17, 15) is 5.26 Å². The molecule has 25 heavy (non-hydrogen) atoms. The quantitative estimate of drug-likeness (QED) is 0.577. The second kappa shape index (κ2) is 5.61. The summed E-state index contributed by atoms with van der Waals surface area (Å²) < 4.78 is 1.66. The summed E-state index contributed by atoms with van der Waals surface area (Å²) in [6.45, 7) is 0. The Morgan fingerprint density at radius 2 is 2.08 bits per heavy atom. The number of aromatic nitrogens is 5. The fourth-order valence-electron chi connectivity index (χ4n) is 2.72. The Hall–Kier alpha value is -3.37. The van der Waals surface area contributed by atoms with Crippen LogP contribution >= 0.6 is 11.6 Å². The molecule has 0 aliphatic heterocycles. The van der Waals surface area contributed by atoms with E-state index in [0.717, 1.165) is 16.5 Å². The third kappa shape index (κ3) is 2.49. The SMILES string of the molecule is Cn1ccc(-c2nc(N)c(C#N)nc2-c2cc(Cl)c3[nH]ccc3c2)n1. The van der Waals surface area contributed by atoms with Crippen LogP contribution in [-0.2, 0) is 7.05 Å². The molecule has 8 heteroatoms. The molecule has 0 aliphatic rings. The van der Waals surface area contributed by atoms with Crippen LogP contribution in [0.1, 0.15) is 5.69 Å². The first-order chi connectivity index (χ1) is 12.1. The predicted molar refractivity (Wildman–Crippen MR) is 95.7 cm³/mol. The fraction of sp³-hybridized carbons (Fsp3) is 0.0588. The van der Waals surface area contributed by atoms with Crippen molar-refractivity contribution in [2.24, 2.45) is 7.05 Å². The minimum Gasteiger partial charge on any atom is -0.381 e. The number of rotatable bonds is 2. The molecular weight excluding hydrogens is 338 g/mol. The molecule has 0 radical (unpaired) electrons. The van der Waals surface area contributed by atoms with Gasteiger partial charge in [-0.2, -0.15) is 10.4 Å². The van der Waals surface area contributed by atoms with Crippen molar-refractivity contribution in [2.45, 2.75) is 0 Å². The maximum absolute atomic E-state index is 9.27. The first kappa shape index (κ1) is 15.2. The topological polar surface area (TPSA) is 109 Å². The molecule has 0 amide bonds. The lowest BCUT2D eigenvalue weighted by atomic mass is 10.1. The van der Waals surface area contributed by atoms with E-state index in [1.165, 1.54) is 0 Å². The van der Waals surface area contributed by atoms with Crippen LogP contribution in [0.25, 0.3) is 33.5 Å². The summed E-state index contributed by atoms with van der Waals surface area (Å²) in [4.78, 5) is 11.9. The van der Waals surface area contributed by atoms with Gasteiger partial charge in [-0.15, -0.1) is 0 Å². The van der Waals surface area contributed by atoms with E-state index in [0.29, 0.717) is 22.1 Å². The van der Waals surface area contributed by atoms with Crippen molar-refractivity contribution in [1.29, 1.82) is 5.26 Å². The Balaban J connectivity index is 2.02. The summed E-state index contributed by atoms with van der Waals surface area (Å²) in [5.74, 6) is 0.0701. The first-order valence-corrected chi connectivity index (χ1v) is 7.79. The van der Waals surface area contributed by atoms with E-state index < -0.39 is 0 Å². The lowest BCUT2D eigenvalue weighted by Gasteiger charge is -2.09. The zero-order valence-corrected chi connectivity index (χ0v) is 13.9. The van der Waals surface area contributed by atoms with Gasteiger partial charge in [-0.1, -0.05) is 11.6 Å². The van der Waals surface area contributed by atoms with E-state index in [2.05, 4.69) is 20.1 Å². The number of nitrogen functional groups attached to an aromatic ring is 1.